The zero-order valence-electron chi connectivity index (χ0n) is 13.3. The van der Waals surface area contributed by atoms with E-state index in [2.05, 4.69) is 75.4 Å². The molecule has 108 valence electrons. The topological polar surface area (TPSA) is 0 Å². The Morgan fingerprint density at radius 3 is 2.10 bits per heavy atom. The molecule has 0 N–H and O–H groups in total. The minimum absolute atomic E-state index is 0.423. The van der Waals surface area contributed by atoms with E-state index in [1.165, 1.54) is 46.4 Å². The summed E-state index contributed by atoms with van der Waals surface area (Å²) in [5.74, 6) is 0. The van der Waals surface area contributed by atoms with Crippen molar-refractivity contribution in [3.63, 3.8) is 0 Å². The van der Waals surface area contributed by atoms with Gasteiger partial charge in [-0.25, -0.2) is 0 Å². The molecule has 0 radical (unpaired) electrons. The average Bonchev–Trinajstić information content (AvgIpc) is 2.46. The Morgan fingerprint density at radius 2 is 1.38 bits per heavy atom. The van der Waals surface area contributed by atoms with Crippen molar-refractivity contribution in [2.24, 2.45) is 5.41 Å². The summed E-state index contributed by atoms with van der Waals surface area (Å²) in [6.45, 7) is 6.97. The summed E-state index contributed by atoms with van der Waals surface area (Å²) in [4.78, 5) is 0. The maximum atomic E-state index is 2.39. The Labute approximate surface area is 127 Å². The Balaban J connectivity index is 2.04. The molecular weight excluding hydrogens is 252 g/mol. The summed E-state index contributed by atoms with van der Waals surface area (Å²) in [6, 6.07) is 20.0. The molecule has 0 saturated carbocycles. The molecule has 21 heavy (non-hydrogen) atoms. The van der Waals surface area contributed by atoms with E-state index in [-0.39, 0.29) is 0 Å². The van der Waals surface area contributed by atoms with Gasteiger partial charge in [-0.15, -0.1) is 0 Å². The van der Waals surface area contributed by atoms with Gasteiger partial charge in [0.1, 0.15) is 0 Å². The number of benzene rings is 3. The van der Waals surface area contributed by atoms with Gasteiger partial charge < -0.3 is 0 Å². The zero-order chi connectivity index (χ0) is 14.9. The van der Waals surface area contributed by atoms with Gasteiger partial charge in [0.25, 0.3) is 0 Å². The minimum atomic E-state index is 0.423. The molecule has 0 atom stereocenters. The summed E-state index contributed by atoms with van der Waals surface area (Å²) < 4.78 is 0. The molecule has 0 aliphatic rings. The fourth-order valence-electron chi connectivity index (χ4n) is 3.15. The van der Waals surface area contributed by atoms with Gasteiger partial charge in [-0.3, -0.25) is 0 Å². The van der Waals surface area contributed by atoms with Crippen molar-refractivity contribution in [3.8, 4) is 0 Å². The van der Waals surface area contributed by atoms with Crippen molar-refractivity contribution >= 4 is 21.5 Å². The molecular formula is C21H24. The van der Waals surface area contributed by atoms with Crippen molar-refractivity contribution in [1.82, 2.24) is 0 Å². The summed E-state index contributed by atoms with van der Waals surface area (Å²) in [5.41, 5.74) is 1.92. The lowest BCUT2D eigenvalue weighted by Gasteiger charge is -2.18. The second-order valence-electron chi connectivity index (χ2n) is 7.22. The molecule has 0 aromatic heterocycles. The minimum Gasteiger partial charge on any atom is -0.0616 e. The van der Waals surface area contributed by atoms with Crippen LogP contribution in [0.3, 0.4) is 0 Å². The third-order valence-corrected chi connectivity index (χ3v) is 4.23. The molecule has 0 fully saturated rings. The van der Waals surface area contributed by atoms with E-state index in [0.29, 0.717) is 5.41 Å². The standard InChI is InChI=1S/C21H24/c1-21(2,3)14-8-10-17-15-16-9-4-5-11-18(16)20-13-7-6-12-19(17)20/h4-7,9,11-13,15H,8,10,14H2,1-3H3. The molecule has 3 rings (SSSR count). The van der Waals surface area contributed by atoms with Crippen LogP contribution in [0, 0.1) is 5.41 Å². The highest BCUT2D eigenvalue weighted by atomic mass is 14.2. The van der Waals surface area contributed by atoms with Gasteiger partial charge >= 0.3 is 0 Å². The van der Waals surface area contributed by atoms with Crippen LogP contribution in [0.15, 0.2) is 54.6 Å². The molecule has 0 heteroatoms. The summed E-state index contributed by atoms with van der Waals surface area (Å²) in [7, 11) is 0. The van der Waals surface area contributed by atoms with E-state index in [1.54, 1.807) is 0 Å². The van der Waals surface area contributed by atoms with E-state index in [4.69, 9.17) is 0 Å². The highest BCUT2D eigenvalue weighted by Crippen LogP contribution is 2.30. The average molecular weight is 276 g/mol. The molecule has 0 aliphatic carbocycles. The summed E-state index contributed by atoms with van der Waals surface area (Å²) in [5, 5.41) is 5.54. The first-order valence-electron chi connectivity index (χ1n) is 7.94. The van der Waals surface area contributed by atoms with Crippen LogP contribution in [-0.2, 0) is 6.42 Å². The highest BCUT2D eigenvalue weighted by molar-refractivity contribution is 6.08. The highest BCUT2D eigenvalue weighted by Gasteiger charge is 2.11. The second-order valence-corrected chi connectivity index (χ2v) is 7.22. The molecule has 3 aromatic rings. The molecule has 0 amide bonds. The number of rotatable bonds is 3. The zero-order valence-corrected chi connectivity index (χ0v) is 13.3. The van der Waals surface area contributed by atoms with Crippen LogP contribution < -0.4 is 0 Å². The van der Waals surface area contributed by atoms with Crippen LogP contribution in [0.5, 0.6) is 0 Å². The van der Waals surface area contributed by atoms with Crippen molar-refractivity contribution in [1.29, 1.82) is 0 Å². The van der Waals surface area contributed by atoms with E-state index >= 15 is 0 Å². The summed E-state index contributed by atoms with van der Waals surface area (Å²) in [6.07, 6.45) is 3.70. The SMILES string of the molecule is CC(C)(C)CCCc1cc2ccccc2c2ccccc12. The van der Waals surface area contributed by atoms with Crippen molar-refractivity contribution in [2.45, 2.75) is 40.0 Å². The number of hydrogen-bond donors (Lipinski definition) is 0. The third kappa shape index (κ3) is 3.10. The smallest absolute Gasteiger partial charge is 0.0103 e. The lowest BCUT2D eigenvalue weighted by atomic mass is 9.87. The normalized spacial score (nSPS) is 12.1. The predicted octanol–water partition coefficient (Wildman–Crippen LogP) is 6.36. The number of fused-ring (bicyclic) bond motifs is 3. The second kappa shape index (κ2) is 5.52. The monoisotopic (exact) mass is 276 g/mol. The Morgan fingerprint density at radius 1 is 0.762 bits per heavy atom. The van der Waals surface area contributed by atoms with E-state index in [1.807, 2.05) is 0 Å². The quantitative estimate of drug-likeness (QED) is 0.488. The Hall–Kier alpha value is -1.82. The van der Waals surface area contributed by atoms with Crippen LogP contribution in [0.4, 0.5) is 0 Å². The molecule has 0 heterocycles. The van der Waals surface area contributed by atoms with Crippen molar-refractivity contribution < 1.29 is 0 Å². The maximum absolute atomic E-state index is 2.39. The van der Waals surface area contributed by atoms with Gasteiger partial charge in [-0.05, 0) is 51.8 Å². The van der Waals surface area contributed by atoms with Crippen LogP contribution in [0.1, 0.15) is 39.2 Å². The molecule has 0 spiro atoms. The van der Waals surface area contributed by atoms with Crippen LogP contribution >= 0.6 is 0 Å². The van der Waals surface area contributed by atoms with Gasteiger partial charge in [0.2, 0.25) is 0 Å². The summed E-state index contributed by atoms with van der Waals surface area (Å²) >= 11 is 0. The Kier molecular flexibility index (Phi) is 3.71. The molecule has 0 bridgehead atoms. The van der Waals surface area contributed by atoms with E-state index in [0.717, 1.165) is 0 Å². The fraction of sp³-hybridized carbons (Fsp3) is 0.333. The van der Waals surface area contributed by atoms with E-state index < -0.39 is 0 Å². The first kappa shape index (κ1) is 14.1. The van der Waals surface area contributed by atoms with Gasteiger partial charge in [0, 0.05) is 0 Å². The van der Waals surface area contributed by atoms with Gasteiger partial charge in [-0.1, -0.05) is 75.4 Å². The number of hydrogen-bond acceptors (Lipinski definition) is 0. The molecule has 0 unspecified atom stereocenters. The van der Waals surface area contributed by atoms with Gasteiger partial charge in [0.15, 0.2) is 0 Å². The third-order valence-electron chi connectivity index (χ3n) is 4.23. The first-order chi connectivity index (χ1) is 10.0. The first-order valence-corrected chi connectivity index (χ1v) is 7.94. The van der Waals surface area contributed by atoms with Gasteiger partial charge in [0.05, 0.1) is 0 Å². The molecule has 0 aliphatic heterocycles. The van der Waals surface area contributed by atoms with Crippen molar-refractivity contribution in [2.75, 3.05) is 0 Å². The molecule has 0 saturated heterocycles. The Bertz CT molecular complexity index is 760. The fourth-order valence-corrected chi connectivity index (χ4v) is 3.15. The largest absolute Gasteiger partial charge is 0.0616 e. The predicted molar refractivity (Wildman–Crippen MR) is 93.8 cm³/mol. The van der Waals surface area contributed by atoms with E-state index in [9.17, 15) is 0 Å². The lowest BCUT2D eigenvalue weighted by Crippen LogP contribution is -2.05. The van der Waals surface area contributed by atoms with Crippen LogP contribution in [0.25, 0.3) is 21.5 Å². The molecule has 0 nitrogen and oxygen atoms in total. The molecule has 3 aromatic carbocycles. The van der Waals surface area contributed by atoms with Crippen LogP contribution in [-0.4, -0.2) is 0 Å². The maximum Gasteiger partial charge on any atom is -0.0103 e. The van der Waals surface area contributed by atoms with Gasteiger partial charge in [-0.2, -0.15) is 0 Å². The number of aryl methyl sites for hydroxylation is 1. The van der Waals surface area contributed by atoms with Crippen LogP contribution in [0.2, 0.25) is 0 Å². The van der Waals surface area contributed by atoms with Crippen molar-refractivity contribution in [3.05, 3.63) is 60.2 Å². The lowest BCUT2D eigenvalue weighted by molar-refractivity contribution is 0.366.